The number of likely N-dealkylation sites (N-methyl/N-ethyl adjacent to an activating group) is 1. The number of nitrogens with zero attached hydrogens (tertiary/aromatic N) is 1. The van der Waals surface area contributed by atoms with E-state index in [1.54, 1.807) is 6.08 Å². The van der Waals surface area contributed by atoms with E-state index in [0.29, 0.717) is 17.4 Å². The summed E-state index contributed by atoms with van der Waals surface area (Å²) in [7, 11) is 1.56. The van der Waals surface area contributed by atoms with Crippen LogP contribution >= 0.6 is 7.82 Å². The fraction of sp³-hybridized carbons (Fsp3) is 0.859. The van der Waals surface area contributed by atoms with Gasteiger partial charge in [0.25, 0.3) is 0 Å². The van der Waals surface area contributed by atoms with Crippen LogP contribution in [0.25, 0.3) is 0 Å². The van der Waals surface area contributed by atoms with E-state index in [4.69, 9.17) is 9.05 Å². The minimum atomic E-state index is -4.36. The van der Waals surface area contributed by atoms with Crippen LogP contribution in [0.1, 0.15) is 303 Å². The van der Waals surface area contributed by atoms with Gasteiger partial charge in [-0.15, -0.1) is 0 Å². The number of aliphatic hydroxyl groups excluding tert-OH is 1. The molecular weight excluding hydrogens is 924 g/mol. The quantitative estimate of drug-likeness (QED) is 0.0243. The zero-order valence-electron chi connectivity index (χ0n) is 49.1. The highest BCUT2D eigenvalue weighted by molar-refractivity contribution is 7.47. The lowest BCUT2D eigenvalue weighted by atomic mass is 10.0. The van der Waals surface area contributed by atoms with Crippen molar-refractivity contribution in [3.05, 3.63) is 48.6 Å². The maximum atomic E-state index is 13.0. The molecule has 73 heavy (non-hydrogen) atoms. The number of unbranched alkanes of at least 4 members (excludes halogenated alkanes) is 39. The van der Waals surface area contributed by atoms with Gasteiger partial charge in [-0.25, -0.2) is 4.57 Å². The number of amides is 1. The number of carbonyl (C=O) groups is 1. The van der Waals surface area contributed by atoms with E-state index in [2.05, 4.69) is 55.6 Å². The van der Waals surface area contributed by atoms with Gasteiger partial charge in [-0.2, -0.15) is 0 Å². The van der Waals surface area contributed by atoms with Crippen LogP contribution in [0.15, 0.2) is 48.6 Å². The highest BCUT2D eigenvalue weighted by Gasteiger charge is 2.27. The molecule has 0 heterocycles. The van der Waals surface area contributed by atoms with Gasteiger partial charge in [-0.3, -0.25) is 13.8 Å². The first-order valence-electron chi connectivity index (χ1n) is 31.5. The molecule has 0 saturated heterocycles. The van der Waals surface area contributed by atoms with Gasteiger partial charge in [0.15, 0.2) is 0 Å². The molecule has 0 aliphatic rings. The molecule has 0 aliphatic carbocycles. The Bertz CT molecular complexity index is 1330. The Morgan fingerprint density at radius 3 is 1.18 bits per heavy atom. The van der Waals surface area contributed by atoms with Crippen molar-refractivity contribution in [2.24, 2.45) is 0 Å². The molecule has 0 aromatic rings. The zero-order valence-corrected chi connectivity index (χ0v) is 50.0. The van der Waals surface area contributed by atoms with Crippen LogP contribution in [0.5, 0.6) is 0 Å². The summed E-state index contributed by atoms with van der Waals surface area (Å²) in [4.78, 5) is 23.3. The van der Waals surface area contributed by atoms with Crippen molar-refractivity contribution < 1.29 is 32.9 Å². The number of hydrogen-bond donors (Lipinski definition) is 3. The first-order chi connectivity index (χ1) is 35.5. The van der Waals surface area contributed by atoms with Gasteiger partial charge in [0, 0.05) is 6.42 Å². The highest BCUT2D eigenvalue weighted by atomic mass is 31.2. The van der Waals surface area contributed by atoms with Crippen molar-refractivity contribution in [2.45, 2.75) is 315 Å². The third-order valence-corrected chi connectivity index (χ3v) is 15.3. The van der Waals surface area contributed by atoms with Crippen molar-refractivity contribution in [1.29, 1.82) is 0 Å². The zero-order chi connectivity index (χ0) is 53.5. The highest BCUT2D eigenvalue weighted by Crippen LogP contribution is 2.43. The molecule has 0 spiro atoms. The molecule has 8 nitrogen and oxygen atoms in total. The summed E-state index contributed by atoms with van der Waals surface area (Å²) < 4.78 is 23.7. The number of nitrogens with one attached hydrogen (secondary N) is 1. The average Bonchev–Trinajstić information content (AvgIpc) is 3.35. The molecule has 3 unspecified atom stereocenters. The molecule has 430 valence electrons. The summed E-state index contributed by atoms with van der Waals surface area (Å²) in [6.45, 7) is 4.82. The molecular formula is C64H124N2O6P+. The second kappa shape index (κ2) is 55.2. The molecule has 0 aliphatic heterocycles. The number of hydrogen-bond acceptors (Lipinski definition) is 5. The van der Waals surface area contributed by atoms with E-state index in [0.717, 1.165) is 44.9 Å². The lowest BCUT2D eigenvalue weighted by Gasteiger charge is -2.25. The Morgan fingerprint density at radius 1 is 0.466 bits per heavy atom. The van der Waals surface area contributed by atoms with Gasteiger partial charge in [-0.1, -0.05) is 281 Å². The summed E-state index contributed by atoms with van der Waals surface area (Å²) in [5.41, 5.74) is 0. The number of allylic oxidation sites excluding steroid dienone is 7. The molecule has 0 radical (unpaired) electrons. The Labute approximate surface area is 454 Å². The summed E-state index contributed by atoms with van der Waals surface area (Å²) in [6, 6.07) is -0.868. The standard InChI is InChI=1S/C64H123N2O6P/c1-6-8-10-12-14-16-18-20-22-24-26-28-29-30-31-32-33-34-35-36-38-39-41-43-45-47-49-51-53-55-57-63(67)62(61-72-73(69,70)71-60-59-66(3,4)5)65-64(68)58-56-54-52-50-48-46-44-42-40-37-27-25-23-21-19-17-15-13-11-9-7-2/h19,21,25,27,47,49,55,57,62-63,67H,6-18,20,22-24,26,28-46,48,50-54,56,58-61H2,1-5H3,(H-,65,68,69,70)/p+1/b21-19-,27-25-,49-47+,57-55+. The van der Waals surface area contributed by atoms with Crippen molar-refractivity contribution in [3.63, 3.8) is 0 Å². The van der Waals surface area contributed by atoms with Crippen molar-refractivity contribution >= 4 is 13.7 Å². The van der Waals surface area contributed by atoms with Gasteiger partial charge in [0.05, 0.1) is 39.9 Å². The lowest BCUT2D eigenvalue weighted by Crippen LogP contribution is -2.45. The number of phosphoric ester groups is 1. The first kappa shape index (κ1) is 71.5. The molecule has 0 rings (SSSR count). The molecule has 0 aromatic carbocycles. The number of quaternary nitrogens is 1. The van der Waals surface area contributed by atoms with Gasteiger partial charge in [0.1, 0.15) is 13.2 Å². The minimum Gasteiger partial charge on any atom is -0.387 e. The Balaban J connectivity index is 4.17. The third kappa shape index (κ3) is 58.0. The number of phosphoric acid groups is 1. The molecule has 0 aromatic heterocycles. The third-order valence-electron chi connectivity index (χ3n) is 14.3. The van der Waals surface area contributed by atoms with E-state index >= 15 is 0 Å². The fourth-order valence-electron chi connectivity index (χ4n) is 9.33. The van der Waals surface area contributed by atoms with E-state index < -0.39 is 20.0 Å². The van der Waals surface area contributed by atoms with Crippen molar-refractivity contribution in [1.82, 2.24) is 5.32 Å². The summed E-state index contributed by atoms with van der Waals surface area (Å²) in [5.74, 6) is -0.189. The second-order valence-corrected chi connectivity index (χ2v) is 24.2. The van der Waals surface area contributed by atoms with Gasteiger partial charge < -0.3 is 19.8 Å². The van der Waals surface area contributed by atoms with Crippen molar-refractivity contribution in [2.75, 3.05) is 40.9 Å². The number of carbonyl (C=O) groups excluding carboxylic acids is 1. The van der Waals surface area contributed by atoms with Crippen LogP contribution in [-0.4, -0.2) is 73.4 Å². The average molecular weight is 1050 g/mol. The predicted octanol–water partition coefficient (Wildman–Crippen LogP) is 19.5. The van der Waals surface area contributed by atoms with E-state index in [-0.39, 0.29) is 19.1 Å². The van der Waals surface area contributed by atoms with Crippen LogP contribution in [0, 0.1) is 0 Å². The van der Waals surface area contributed by atoms with Crippen LogP contribution in [-0.2, 0) is 18.4 Å². The number of rotatable bonds is 58. The normalized spacial score (nSPS) is 14.1. The molecule has 0 bridgehead atoms. The van der Waals surface area contributed by atoms with Gasteiger partial charge in [0.2, 0.25) is 5.91 Å². The molecule has 1 amide bonds. The van der Waals surface area contributed by atoms with Crippen LogP contribution in [0.2, 0.25) is 0 Å². The maximum absolute atomic E-state index is 13.0. The van der Waals surface area contributed by atoms with Gasteiger partial charge >= 0.3 is 7.82 Å². The summed E-state index contributed by atoms with van der Waals surface area (Å²) in [5, 5.41) is 13.9. The Hall–Kier alpha value is -1.54. The minimum absolute atomic E-state index is 0.0548. The molecule has 3 N–H and O–H groups in total. The van der Waals surface area contributed by atoms with Gasteiger partial charge in [-0.05, 0) is 64.2 Å². The molecule has 0 fully saturated rings. The fourth-order valence-corrected chi connectivity index (χ4v) is 10.1. The lowest BCUT2D eigenvalue weighted by molar-refractivity contribution is -0.870. The molecule has 0 saturated carbocycles. The van der Waals surface area contributed by atoms with E-state index in [1.807, 2.05) is 27.2 Å². The maximum Gasteiger partial charge on any atom is 0.472 e. The van der Waals surface area contributed by atoms with Crippen LogP contribution in [0.3, 0.4) is 0 Å². The van der Waals surface area contributed by atoms with Crippen molar-refractivity contribution in [3.8, 4) is 0 Å². The smallest absolute Gasteiger partial charge is 0.387 e. The molecule has 9 heteroatoms. The van der Waals surface area contributed by atoms with Crippen LogP contribution in [0.4, 0.5) is 0 Å². The SMILES string of the molecule is CCCCCCC/C=C\C/C=C\CCCCCCCCCCCC(=O)NC(COP(=O)(O)OCC[N+](C)(C)C)C(O)/C=C/CC/C=C/CCCCCCCCCCCCCCCCCCCCCCCCCC. The second-order valence-electron chi connectivity index (χ2n) is 22.8. The summed E-state index contributed by atoms with van der Waals surface area (Å²) >= 11 is 0. The Morgan fingerprint density at radius 2 is 0.795 bits per heavy atom. The molecule has 3 atom stereocenters. The van der Waals surface area contributed by atoms with E-state index in [9.17, 15) is 19.4 Å². The predicted molar refractivity (Wildman–Crippen MR) is 318 cm³/mol. The first-order valence-corrected chi connectivity index (χ1v) is 33.0. The topological polar surface area (TPSA) is 105 Å². The summed E-state index contributed by atoms with van der Waals surface area (Å²) in [6.07, 6.45) is 73.8. The Kier molecular flexibility index (Phi) is 54.1. The number of aliphatic hydroxyl groups is 1. The van der Waals surface area contributed by atoms with Crippen LogP contribution < -0.4 is 5.32 Å². The van der Waals surface area contributed by atoms with E-state index in [1.165, 1.54) is 238 Å². The largest absolute Gasteiger partial charge is 0.472 e. The monoisotopic (exact) mass is 1050 g/mol.